The van der Waals surface area contributed by atoms with Gasteiger partial charge >= 0.3 is 0 Å². The number of hydrogen-bond donors (Lipinski definition) is 1. The highest BCUT2D eigenvalue weighted by atomic mass is 16.2. The second kappa shape index (κ2) is 4.25. The molecule has 1 N–H and O–H groups in total. The third kappa shape index (κ3) is 1.91. The minimum atomic E-state index is -0.722. The van der Waals surface area contributed by atoms with Crippen molar-refractivity contribution >= 4 is 11.8 Å². The van der Waals surface area contributed by atoms with Crippen molar-refractivity contribution in [2.75, 3.05) is 6.54 Å². The van der Waals surface area contributed by atoms with Crippen molar-refractivity contribution < 1.29 is 9.59 Å². The van der Waals surface area contributed by atoms with E-state index in [0.29, 0.717) is 12.5 Å². The molecule has 0 radical (unpaired) electrons. The number of unbranched alkanes of at least 4 members (excludes halogenated alkanes) is 1. The topological polar surface area (TPSA) is 49.4 Å². The lowest BCUT2D eigenvalue weighted by molar-refractivity contribution is -0.161. The van der Waals surface area contributed by atoms with Crippen LogP contribution in [0.25, 0.3) is 0 Å². The van der Waals surface area contributed by atoms with Crippen molar-refractivity contribution in [3.63, 3.8) is 0 Å². The van der Waals surface area contributed by atoms with Gasteiger partial charge in [-0.1, -0.05) is 13.3 Å². The molecule has 2 rings (SSSR count). The summed E-state index contributed by atoms with van der Waals surface area (Å²) in [6, 6.07) is 0. The Labute approximate surface area is 109 Å². The summed E-state index contributed by atoms with van der Waals surface area (Å²) in [7, 11) is 0. The molecule has 1 aliphatic carbocycles. The van der Waals surface area contributed by atoms with Crippen molar-refractivity contribution in [1.82, 2.24) is 10.2 Å². The van der Waals surface area contributed by atoms with E-state index in [1.807, 2.05) is 20.8 Å². The highest BCUT2D eigenvalue weighted by molar-refractivity contribution is 6.02. The van der Waals surface area contributed by atoms with Crippen LogP contribution in [-0.4, -0.2) is 34.3 Å². The molecule has 0 spiro atoms. The lowest BCUT2D eigenvalue weighted by atomic mass is 9.85. The molecule has 0 aromatic rings. The molecule has 102 valence electrons. The molecular formula is C14H24N2O2. The fourth-order valence-electron chi connectivity index (χ4n) is 2.73. The first-order valence-corrected chi connectivity index (χ1v) is 6.98. The van der Waals surface area contributed by atoms with Gasteiger partial charge in [0.1, 0.15) is 11.1 Å². The van der Waals surface area contributed by atoms with Crippen molar-refractivity contribution in [2.24, 2.45) is 5.92 Å². The van der Waals surface area contributed by atoms with E-state index in [0.717, 1.165) is 25.7 Å². The predicted molar refractivity (Wildman–Crippen MR) is 70.0 cm³/mol. The SMILES string of the molecule is CCCCN1C(=O)C(C)(C2CC2)NC(=O)C1(C)C. The zero-order chi connectivity index (χ0) is 13.6. The summed E-state index contributed by atoms with van der Waals surface area (Å²) in [6.45, 7) is 8.34. The van der Waals surface area contributed by atoms with Crippen LogP contribution >= 0.6 is 0 Å². The molecule has 4 nitrogen and oxygen atoms in total. The van der Waals surface area contributed by atoms with Gasteiger partial charge in [0.05, 0.1) is 0 Å². The summed E-state index contributed by atoms with van der Waals surface area (Å²) in [5.41, 5.74) is -1.39. The van der Waals surface area contributed by atoms with Crippen LogP contribution in [0, 0.1) is 5.92 Å². The van der Waals surface area contributed by atoms with Gasteiger partial charge in [-0.25, -0.2) is 0 Å². The number of rotatable bonds is 4. The molecule has 0 aromatic carbocycles. The second-order valence-corrected chi connectivity index (χ2v) is 6.30. The Balaban J connectivity index is 2.27. The normalized spacial score (nSPS) is 31.4. The molecular weight excluding hydrogens is 228 g/mol. The van der Waals surface area contributed by atoms with Gasteiger partial charge in [0, 0.05) is 6.54 Å². The Hall–Kier alpha value is -1.06. The average molecular weight is 252 g/mol. The summed E-state index contributed by atoms with van der Waals surface area (Å²) in [4.78, 5) is 26.8. The van der Waals surface area contributed by atoms with E-state index in [4.69, 9.17) is 0 Å². The van der Waals surface area contributed by atoms with Gasteiger partial charge in [0.2, 0.25) is 11.8 Å². The zero-order valence-electron chi connectivity index (χ0n) is 11.9. The van der Waals surface area contributed by atoms with Crippen LogP contribution in [0.1, 0.15) is 53.4 Å². The third-order valence-electron chi connectivity index (χ3n) is 4.42. The van der Waals surface area contributed by atoms with Gasteiger partial charge in [-0.15, -0.1) is 0 Å². The molecule has 1 saturated carbocycles. The fourth-order valence-corrected chi connectivity index (χ4v) is 2.73. The van der Waals surface area contributed by atoms with Crippen molar-refractivity contribution in [3.8, 4) is 0 Å². The fraction of sp³-hybridized carbons (Fsp3) is 0.857. The summed E-state index contributed by atoms with van der Waals surface area (Å²) >= 11 is 0. The Kier molecular flexibility index (Phi) is 3.16. The first kappa shape index (κ1) is 13.4. The number of carbonyl (C=O) groups is 2. The molecule has 1 saturated heterocycles. The Morgan fingerprint density at radius 2 is 1.89 bits per heavy atom. The molecule has 1 heterocycles. The standard InChI is InChI=1S/C14H24N2O2/c1-5-6-9-16-12(18)14(4,10-7-8-10)15-11(17)13(16,2)3/h10H,5-9H2,1-4H3,(H,15,17). The summed E-state index contributed by atoms with van der Waals surface area (Å²) in [6.07, 6.45) is 4.07. The molecule has 1 atom stereocenters. The van der Waals surface area contributed by atoms with E-state index in [1.165, 1.54) is 0 Å². The maximum Gasteiger partial charge on any atom is 0.249 e. The number of nitrogens with one attached hydrogen (secondary N) is 1. The predicted octanol–water partition coefficient (Wildman–Crippen LogP) is 1.69. The summed E-state index contributed by atoms with van der Waals surface area (Å²) in [5, 5.41) is 2.97. The van der Waals surface area contributed by atoms with E-state index in [1.54, 1.807) is 4.90 Å². The third-order valence-corrected chi connectivity index (χ3v) is 4.42. The highest BCUT2D eigenvalue weighted by Crippen LogP contribution is 2.43. The Bertz CT molecular complexity index is 374. The number of carbonyl (C=O) groups excluding carboxylic acids is 2. The van der Waals surface area contributed by atoms with Crippen molar-refractivity contribution in [2.45, 2.75) is 64.5 Å². The average Bonchev–Trinajstić information content (AvgIpc) is 3.11. The smallest absolute Gasteiger partial charge is 0.249 e. The molecule has 0 bridgehead atoms. The Morgan fingerprint density at radius 1 is 1.28 bits per heavy atom. The van der Waals surface area contributed by atoms with Gasteiger partial charge in [0.25, 0.3) is 0 Å². The zero-order valence-corrected chi connectivity index (χ0v) is 11.9. The Morgan fingerprint density at radius 3 is 2.39 bits per heavy atom. The molecule has 2 amide bonds. The maximum absolute atomic E-state index is 12.7. The second-order valence-electron chi connectivity index (χ2n) is 6.30. The minimum Gasteiger partial charge on any atom is -0.340 e. The summed E-state index contributed by atoms with van der Waals surface area (Å²) in [5.74, 6) is 0.407. The highest BCUT2D eigenvalue weighted by Gasteiger charge is 2.57. The van der Waals surface area contributed by atoms with Crippen LogP contribution < -0.4 is 5.32 Å². The van der Waals surface area contributed by atoms with Crippen LogP contribution in [0.15, 0.2) is 0 Å². The molecule has 0 aromatic heterocycles. The monoisotopic (exact) mass is 252 g/mol. The van der Waals surface area contributed by atoms with Crippen LogP contribution in [0.3, 0.4) is 0 Å². The van der Waals surface area contributed by atoms with Gasteiger partial charge < -0.3 is 10.2 Å². The van der Waals surface area contributed by atoms with Gasteiger partial charge in [-0.2, -0.15) is 0 Å². The molecule has 2 fully saturated rings. The van der Waals surface area contributed by atoms with Gasteiger partial charge in [-0.05, 0) is 46.0 Å². The molecule has 1 unspecified atom stereocenters. The lowest BCUT2D eigenvalue weighted by Crippen LogP contribution is -2.74. The maximum atomic E-state index is 12.7. The number of nitrogens with zero attached hydrogens (tertiary/aromatic N) is 1. The van der Waals surface area contributed by atoms with E-state index in [-0.39, 0.29) is 11.8 Å². The molecule has 4 heteroatoms. The van der Waals surface area contributed by atoms with E-state index < -0.39 is 11.1 Å². The first-order chi connectivity index (χ1) is 8.34. The van der Waals surface area contributed by atoms with Crippen LogP contribution in [0.5, 0.6) is 0 Å². The molecule has 18 heavy (non-hydrogen) atoms. The largest absolute Gasteiger partial charge is 0.340 e. The van der Waals surface area contributed by atoms with Gasteiger partial charge in [-0.3, -0.25) is 9.59 Å². The molecule has 1 aliphatic heterocycles. The van der Waals surface area contributed by atoms with Crippen LogP contribution in [0.4, 0.5) is 0 Å². The quantitative estimate of drug-likeness (QED) is 0.827. The van der Waals surface area contributed by atoms with E-state index >= 15 is 0 Å². The van der Waals surface area contributed by atoms with Crippen LogP contribution in [0.2, 0.25) is 0 Å². The number of amides is 2. The number of piperazine rings is 1. The van der Waals surface area contributed by atoms with Gasteiger partial charge in [0.15, 0.2) is 0 Å². The molecule has 2 aliphatic rings. The van der Waals surface area contributed by atoms with Crippen molar-refractivity contribution in [1.29, 1.82) is 0 Å². The minimum absolute atomic E-state index is 0.0207. The van der Waals surface area contributed by atoms with E-state index in [2.05, 4.69) is 12.2 Å². The van der Waals surface area contributed by atoms with E-state index in [9.17, 15) is 9.59 Å². The lowest BCUT2D eigenvalue weighted by Gasteiger charge is -2.49. The number of hydrogen-bond acceptors (Lipinski definition) is 2. The van der Waals surface area contributed by atoms with Crippen LogP contribution in [-0.2, 0) is 9.59 Å². The summed E-state index contributed by atoms with van der Waals surface area (Å²) < 4.78 is 0. The van der Waals surface area contributed by atoms with Crippen molar-refractivity contribution in [3.05, 3.63) is 0 Å². The first-order valence-electron chi connectivity index (χ1n) is 6.98.